The van der Waals surface area contributed by atoms with E-state index in [0.29, 0.717) is 17.9 Å². The molecule has 1 aliphatic carbocycles. The molecule has 0 unspecified atom stereocenters. The van der Waals surface area contributed by atoms with Gasteiger partial charge in [0, 0.05) is 12.6 Å². The highest BCUT2D eigenvalue weighted by molar-refractivity contribution is 7.91. The van der Waals surface area contributed by atoms with Crippen LogP contribution in [0.1, 0.15) is 26.2 Å². The summed E-state index contributed by atoms with van der Waals surface area (Å²) >= 11 is 6.36. The topological polar surface area (TPSA) is 89.3 Å². The van der Waals surface area contributed by atoms with Crippen LogP contribution in [0.25, 0.3) is 0 Å². The molecule has 1 fully saturated rings. The molecule has 1 N–H and O–H groups in total. The fourth-order valence-corrected chi connectivity index (χ4v) is 4.61. The maximum Gasteiger partial charge on any atom is 0.300 e. The number of hydrogen-bond donors (Lipinski definition) is 1. The van der Waals surface area contributed by atoms with Crippen molar-refractivity contribution in [2.75, 3.05) is 6.54 Å². The molecule has 9 heteroatoms. The van der Waals surface area contributed by atoms with Crippen molar-refractivity contribution in [3.63, 3.8) is 0 Å². The van der Waals surface area contributed by atoms with Crippen molar-refractivity contribution in [2.24, 2.45) is 5.41 Å². The molecule has 1 aliphatic rings. The first kappa shape index (κ1) is 14.7. The lowest BCUT2D eigenvalue weighted by Crippen LogP contribution is -2.29. The minimum absolute atomic E-state index is 0.0695. The summed E-state index contributed by atoms with van der Waals surface area (Å²) in [5, 5.41) is 10.6. The highest BCUT2D eigenvalue weighted by atomic mass is 35.5. The van der Waals surface area contributed by atoms with E-state index in [4.69, 9.17) is 11.6 Å². The summed E-state index contributed by atoms with van der Waals surface area (Å²) in [5.41, 5.74) is -0.302. The van der Waals surface area contributed by atoms with E-state index < -0.39 is 14.9 Å². The predicted octanol–water partition coefficient (Wildman–Crippen LogP) is 2.78. The van der Waals surface area contributed by atoms with E-state index in [-0.39, 0.29) is 19.6 Å². The molecule has 19 heavy (non-hydrogen) atoms. The quantitative estimate of drug-likeness (QED) is 0.643. The highest BCUT2D eigenvalue weighted by Gasteiger charge is 2.41. The zero-order chi connectivity index (χ0) is 14.3. The maximum atomic E-state index is 12.0. The molecule has 2 rings (SSSR count). The molecule has 1 saturated carbocycles. The van der Waals surface area contributed by atoms with Crippen molar-refractivity contribution in [3.8, 4) is 0 Å². The second-order valence-corrected chi connectivity index (χ2v) is 8.31. The van der Waals surface area contributed by atoms with Gasteiger partial charge in [-0.3, -0.25) is 10.1 Å². The number of rotatable bonds is 6. The second-order valence-electron chi connectivity index (χ2n) is 4.66. The van der Waals surface area contributed by atoms with Crippen molar-refractivity contribution in [1.82, 2.24) is 4.72 Å². The summed E-state index contributed by atoms with van der Waals surface area (Å²) in [6.45, 7) is 2.39. The molecular weight excluding hydrogens is 312 g/mol. The zero-order valence-corrected chi connectivity index (χ0v) is 12.6. The third kappa shape index (κ3) is 3.07. The summed E-state index contributed by atoms with van der Waals surface area (Å²) in [5.74, 6) is 0. The summed E-state index contributed by atoms with van der Waals surface area (Å²) < 4.78 is 26.3. The molecule has 1 aromatic rings. The van der Waals surface area contributed by atoms with E-state index in [2.05, 4.69) is 4.72 Å². The van der Waals surface area contributed by atoms with Gasteiger partial charge in [0.1, 0.15) is 4.21 Å². The molecule has 0 amide bonds. The van der Waals surface area contributed by atoms with Crippen LogP contribution in [0.3, 0.4) is 0 Å². The first-order valence-corrected chi connectivity index (χ1v) is 8.41. The number of nitrogens with zero attached hydrogens (tertiary/aromatic N) is 1. The smallest absolute Gasteiger partial charge is 0.258 e. The molecular formula is C10H13ClN2O4S2. The Morgan fingerprint density at radius 2 is 2.21 bits per heavy atom. The summed E-state index contributed by atoms with van der Waals surface area (Å²) in [7, 11) is -3.72. The molecule has 0 bridgehead atoms. The molecule has 0 aliphatic heterocycles. The highest BCUT2D eigenvalue weighted by Crippen LogP contribution is 2.48. The zero-order valence-electron chi connectivity index (χ0n) is 10.2. The van der Waals surface area contributed by atoms with E-state index in [0.717, 1.165) is 25.3 Å². The van der Waals surface area contributed by atoms with Gasteiger partial charge in [-0.15, -0.1) is 11.3 Å². The molecule has 1 aromatic heterocycles. The van der Waals surface area contributed by atoms with E-state index in [9.17, 15) is 18.5 Å². The summed E-state index contributed by atoms with van der Waals surface area (Å²) in [6, 6.07) is 1.00. The van der Waals surface area contributed by atoms with E-state index in [1.54, 1.807) is 0 Å². The second kappa shape index (κ2) is 5.01. The van der Waals surface area contributed by atoms with Gasteiger partial charge in [-0.2, -0.15) is 0 Å². The first-order valence-electron chi connectivity index (χ1n) is 5.73. The van der Waals surface area contributed by atoms with Crippen molar-refractivity contribution in [3.05, 3.63) is 20.5 Å². The van der Waals surface area contributed by atoms with E-state index in [1.807, 2.05) is 6.92 Å². The number of halogens is 1. The van der Waals surface area contributed by atoms with Crippen LogP contribution in [0.15, 0.2) is 10.3 Å². The lowest BCUT2D eigenvalue weighted by atomic mass is 10.1. The van der Waals surface area contributed by atoms with Gasteiger partial charge in [0.25, 0.3) is 5.69 Å². The Bertz CT molecular complexity index is 607. The molecule has 1 heterocycles. The monoisotopic (exact) mass is 324 g/mol. The molecule has 0 radical (unpaired) electrons. The first-order chi connectivity index (χ1) is 8.80. The fraction of sp³-hybridized carbons (Fsp3) is 0.600. The third-order valence-electron chi connectivity index (χ3n) is 3.45. The number of thiophene rings is 1. The Labute approximate surface area is 120 Å². The SMILES string of the molecule is CCC1(CNS(=O)(=O)c2cc([N+](=O)[O-])c(Cl)s2)CC1. The van der Waals surface area contributed by atoms with Gasteiger partial charge in [-0.25, -0.2) is 13.1 Å². The Morgan fingerprint density at radius 1 is 1.58 bits per heavy atom. The number of hydrogen-bond acceptors (Lipinski definition) is 5. The number of nitro groups is 1. The number of sulfonamides is 1. The van der Waals surface area contributed by atoms with Crippen LogP contribution in [0.5, 0.6) is 0 Å². The van der Waals surface area contributed by atoms with Crippen molar-refractivity contribution in [1.29, 1.82) is 0 Å². The van der Waals surface area contributed by atoms with Crippen molar-refractivity contribution < 1.29 is 13.3 Å². The average molecular weight is 325 g/mol. The van der Waals surface area contributed by atoms with E-state index in [1.165, 1.54) is 0 Å². The van der Waals surface area contributed by atoms with Gasteiger partial charge in [-0.1, -0.05) is 18.5 Å². The minimum Gasteiger partial charge on any atom is -0.258 e. The lowest BCUT2D eigenvalue weighted by Gasteiger charge is -2.12. The molecule has 106 valence electrons. The van der Waals surface area contributed by atoms with Crippen LogP contribution in [-0.2, 0) is 10.0 Å². The standard InChI is InChI=1S/C10H13ClN2O4S2/c1-2-10(3-4-10)6-12-19(16,17)8-5-7(13(14)15)9(11)18-8/h5,12H,2-4,6H2,1H3. The summed E-state index contributed by atoms with van der Waals surface area (Å²) in [6.07, 6.45) is 2.94. The Morgan fingerprint density at radius 3 is 2.63 bits per heavy atom. The average Bonchev–Trinajstić information content (AvgIpc) is 3.02. The fourth-order valence-electron chi connectivity index (χ4n) is 1.75. The van der Waals surface area contributed by atoms with Gasteiger partial charge < -0.3 is 0 Å². The Hall–Kier alpha value is -0.700. The summed E-state index contributed by atoms with van der Waals surface area (Å²) in [4.78, 5) is 9.96. The lowest BCUT2D eigenvalue weighted by molar-refractivity contribution is -0.384. The van der Waals surface area contributed by atoms with Crippen molar-refractivity contribution in [2.45, 2.75) is 30.4 Å². The van der Waals surface area contributed by atoms with E-state index >= 15 is 0 Å². The largest absolute Gasteiger partial charge is 0.300 e. The van der Waals surface area contributed by atoms with Gasteiger partial charge in [0.15, 0.2) is 4.34 Å². The Kier molecular flexibility index (Phi) is 3.87. The van der Waals surface area contributed by atoms with Gasteiger partial charge >= 0.3 is 0 Å². The van der Waals surface area contributed by atoms with Crippen LogP contribution in [0.4, 0.5) is 5.69 Å². The van der Waals surface area contributed by atoms with Crippen LogP contribution in [0.2, 0.25) is 4.34 Å². The predicted molar refractivity (Wildman–Crippen MR) is 73.1 cm³/mol. The van der Waals surface area contributed by atoms with Crippen LogP contribution in [0, 0.1) is 15.5 Å². The van der Waals surface area contributed by atoms with Crippen LogP contribution < -0.4 is 4.72 Å². The van der Waals surface area contributed by atoms with Gasteiger partial charge in [0.2, 0.25) is 10.0 Å². The molecule has 0 saturated heterocycles. The molecule has 0 spiro atoms. The Balaban J connectivity index is 2.15. The van der Waals surface area contributed by atoms with Crippen LogP contribution in [-0.4, -0.2) is 19.9 Å². The molecule has 0 atom stereocenters. The normalized spacial score (nSPS) is 17.4. The van der Waals surface area contributed by atoms with Gasteiger partial charge in [-0.05, 0) is 24.7 Å². The molecule has 0 aromatic carbocycles. The van der Waals surface area contributed by atoms with Crippen molar-refractivity contribution >= 4 is 38.6 Å². The minimum atomic E-state index is -3.72. The third-order valence-corrected chi connectivity index (χ3v) is 6.66. The maximum absolute atomic E-state index is 12.0. The number of nitrogens with one attached hydrogen (secondary N) is 1. The molecule has 6 nitrogen and oxygen atoms in total. The van der Waals surface area contributed by atoms with Crippen LogP contribution >= 0.6 is 22.9 Å². The van der Waals surface area contributed by atoms with Gasteiger partial charge in [0.05, 0.1) is 4.92 Å².